The van der Waals surface area contributed by atoms with Gasteiger partial charge in [0.15, 0.2) is 0 Å². The minimum absolute atomic E-state index is 0.431. The number of likely N-dealkylation sites (tertiary alicyclic amines) is 1. The first-order valence-corrected chi connectivity index (χ1v) is 8.38. The summed E-state index contributed by atoms with van der Waals surface area (Å²) in [5.74, 6) is 1.39. The molecule has 0 bridgehead atoms. The molecule has 0 aromatic heterocycles. The van der Waals surface area contributed by atoms with Crippen LogP contribution in [0.3, 0.4) is 0 Å². The Labute approximate surface area is 129 Å². The van der Waals surface area contributed by atoms with E-state index in [1.54, 1.807) is 0 Å². The number of nitrogens with zero attached hydrogens (tertiary/aromatic N) is 1. The molecule has 0 radical (unpaired) electrons. The van der Waals surface area contributed by atoms with Gasteiger partial charge in [0.25, 0.3) is 0 Å². The molecule has 2 atom stereocenters. The maximum Gasteiger partial charge on any atom is 0.119 e. The molecule has 3 nitrogen and oxygen atoms in total. The molecular formula is C18H30N2O. The van der Waals surface area contributed by atoms with Crippen LogP contribution in [-0.2, 0) is 0 Å². The van der Waals surface area contributed by atoms with Crippen LogP contribution in [0, 0.1) is 6.92 Å². The van der Waals surface area contributed by atoms with Crippen LogP contribution in [0.2, 0.25) is 0 Å². The molecule has 1 aliphatic heterocycles. The number of hydrogen-bond acceptors (Lipinski definition) is 3. The summed E-state index contributed by atoms with van der Waals surface area (Å²) in [6, 6.07) is 7.06. The van der Waals surface area contributed by atoms with E-state index in [0.29, 0.717) is 18.6 Å². The zero-order chi connectivity index (χ0) is 15.2. The van der Waals surface area contributed by atoms with Gasteiger partial charge in [-0.25, -0.2) is 0 Å². The first-order valence-electron chi connectivity index (χ1n) is 8.38. The van der Waals surface area contributed by atoms with Crippen molar-refractivity contribution in [3.63, 3.8) is 0 Å². The highest BCUT2D eigenvalue weighted by Crippen LogP contribution is 2.32. The first kappa shape index (κ1) is 16.3. The summed E-state index contributed by atoms with van der Waals surface area (Å²) >= 11 is 0. The maximum absolute atomic E-state index is 6.16. The quantitative estimate of drug-likeness (QED) is 0.873. The van der Waals surface area contributed by atoms with Gasteiger partial charge in [0.05, 0.1) is 6.61 Å². The molecule has 0 aliphatic carbocycles. The van der Waals surface area contributed by atoms with E-state index >= 15 is 0 Å². The molecule has 1 aromatic carbocycles. The van der Waals surface area contributed by atoms with Crippen molar-refractivity contribution in [3.05, 3.63) is 29.3 Å². The highest BCUT2D eigenvalue weighted by atomic mass is 16.5. The van der Waals surface area contributed by atoms with Crippen molar-refractivity contribution in [3.8, 4) is 5.75 Å². The molecule has 0 saturated carbocycles. The monoisotopic (exact) mass is 290 g/mol. The Hall–Kier alpha value is -1.06. The summed E-state index contributed by atoms with van der Waals surface area (Å²) in [7, 11) is 0. The van der Waals surface area contributed by atoms with Gasteiger partial charge in [-0.3, -0.25) is 0 Å². The predicted octanol–water partition coefficient (Wildman–Crippen LogP) is 3.31. The Morgan fingerprint density at radius 2 is 2.14 bits per heavy atom. The number of aryl methyl sites for hydroxylation is 1. The Morgan fingerprint density at radius 3 is 2.76 bits per heavy atom. The summed E-state index contributed by atoms with van der Waals surface area (Å²) in [6.07, 6.45) is 3.92. The molecular weight excluding hydrogens is 260 g/mol. The van der Waals surface area contributed by atoms with Gasteiger partial charge < -0.3 is 15.4 Å². The minimum Gasteiger partial charge on any atom is -0.494 e. The molecule has 1 heterocycles. The van der Waals surface area contributed by atoms with Crippen LogP contribution in [0.15, 0.2) is 18.2 Å². The van der Waals surface area contributed by atoms with Crippen LogP contribution in [0.25, 0.3) is 0 Å². The third-order valence-electron chi connectivity index (χ3n) is 4.74. The lowest BCUT2D eigenvalue weighted by atomic mass is 9.83. The number of benzene rings is 1. The van der Waals surface area contributed by atoms with Crippen molar-refractivity contribution in [2.45, 2.75) is 52.0 Å². The van der Waals surface area contributed by atoms with Gasteiger partial charge in [0.2, 0.25) is 0 Å². The normalized spacial score (nSPS) is 21.2. The molecule has 2 N–H and O–H groups in total. The molecule has 1 aromatic rings. The van der Waals surface area contributed by atoms with Crippen molar-refractivity contribution in [1.82, 2.24) is 4.90 Å². The third kappa shape index (κ3) is 3.78. The van der Waals surface area contributed by atoms with Crippen LogP contribution in [0.1, 0.15) is 50.2 Å². The van der Waals surface area contributed by atoms with Crippen LogP contribution in [-0.4, -0.2) is 37.2 Å². The lowest BCUT2D eigenvalue weighted by Gasteiger charge is -2.40. The highest BCUT2D eigenvalue weighted by Gasteiger charge is 2.30. The Bertz CT molecular complexity index is 447. The Kier molecular flexibility index (Phi) is 6.07. The third-order valence-corrected chi connectivity index (χ3v) is 4.74. The largest absolute Gasteiger partial charge is 0.494 e. The van der Waals surface area contributed by atoms with Gasteiger partial charge >= 0.3 is 0 Å². The molecule has 1 fully saturated rings. The number of likely N-dealkylation sites (N-methyl/N-ethyl adjacent to an activating group) is 1. The van der Waals surface area contributed by atoms with Gasteiger partial charge in [-0.15, -0.1) is 0 Å². The number of rotatable bonds is 6. The fourth-order valence-electron chi connectivity index (χ4n) is 3.68. The molecule has 118 valence electrons. The minimum atomic E-state index is 0.431. The zero-order valence-corrected chi connectivity index (χ0v) is 13.8. The standard InChI is InChI=1S/C18H30N2O/c1-4-20-11-7-6-8-18(20)17(13-19)16-10-9-15(21-5-2)12-14(16)3/h9-10,12,17-18H,4-8,11,13,19H2,1-3H3. The molecule has 21 heavy (non-hydrogen) atoms. The van der Waals surface area contributed by atoms with E-state index in [4.69, 9.17) is 10.5 Å². The van der Waals surface area contributed by atoms with Gasteiger partial charge in [-0.05, 0) is 63.0 Å². The van der Waals surface area contributed by atoms with Crippen LogP contribution in [0.5, 0.6) is 5.75 Å². The number of piperidine rings is 1. The lowest BCUT2D eigenvalue weighted by molar-refractivity contribution is 0.133. The van der Waals surface area contributed by atoms with Crippen molar-refractivity contribution < 1.29 is 4.74 Å². The SMILES string of the molecule is CCOc1ccc(C(CN)C2CCCCN2CC)c(C)c1. The molecule has 0 amide bonds. The van der Waals surface area contributed by atoms with Crippen molar-refractivity contribution in [1.29, 1.82) is 0 Å². The molecule has 2 rings (SSSR count). The van der Waals surface area contributed by atoms with E-state index in [0.717, 1.165) is 18.8 Å². The Morgan fingerprint density at radius 1 is 1.33 bits per heavy atom. The van der Waals surface area contributed by atoms with E-state index in [-0.39, 0.29) is 0 Å². The number of nitrogens with two attached hydrogens (primary N) is 1. The smallest absolute Gasteiger partial charge is 0.119 e. The maximum atomic E-state index is 6.16. The Balaban J connectivity index is 2.23. The van der Waals surface area contributed by atoms with Crippen LogP contribution in [0.4, 0.5) is 0 Å². The summed E-state index contributed by atoms with van der Waals surface area (Å²) in [5.41, 5.74) is 8.86. The summed E-state index contributed by atoms with van der Waals surface area (Å²) in [5, 5.41) is 0. The molecule has 3 heteroatoms. The summed E-state index contributed by atoms with van der Waals surface area (Å²) in [4.78, 5) is 2.61. The van der Waals surface area contributed by atoms with Crippen LogP contribution < -0.4 is 10.5 Å². The van der Waals surface area contributed by atoms with E-state index in [1.165, 1.54) is 36.9 Å². The van der Waals surface area contributed by atoms with Crippen molar-refractivity contribution in [2.75, 3.05) is 26.2 Å². The molecule has 0 spiro atoms. The van der Waals surface area contributed by atoms with Gasteiger partial charge in [-0.2, -0.15) is 0 Å². The fraction of sp³-hybridized carbons (Fsp3) is 0.667. The average Bonchev–Trinajstić information content (AvgIpc) is 2.51. The first-order chi connectivity index (χ1) is 10.2. The van der Waals surface area contributed by atoms with Gasteiger partial charge in [0, 0.05) is 18.5 Å². The molecule has 1 aliphatic rings. The lowest BCUT2D eigenvalue weighted by Crippen LogP contribution is -2.45. The second kappa shape index (κ2) is 7.81. The predicted molar refractivity (Wildman–Crippen MR) is 89.0 cm³/mol. The second-order valence-corrected chi connectivity index (χ2v) is 5.99. The zero-order valence-electron chi connectivity index (χ0n) is 13.8. The van der Waals surface area contributed by atoms with Crippen molar-refractivity contribution >= 4 is 0 Å². The second-order valence-electron chi connectivity index (χ2n) is 5.99. The van der Waals surface area contributed by atoms with E-state index in [9.17, 15) is 0 Å². The van der Waals surface area contributed by atoms with E-state index in [1.807, 2.05) is 6.92 Å². The fourth-order valence-corrected chi connectivity index (χ4v) is 3.68. The number of hydrogen-bond donors (Lipinski definition) is 1. The summed E-state index contributed by atoms with van der Waals surface area (Å²) in [6.45, 7) is 10.2. The van der Waals surface area contributed by atoms with E-state index in [2.05, 4.69) is 36.9 Å². The van der Waals surface area contributed by atoms with Crippen molar-refractivity contribution in [2.24, 2.45) is 5.73 Å². The van der Waals surface area contributed by atoms with Gasteiger partial charge in [0.1, 0.15) is 5.75 Å². The van der Waals surface area contributed by atoms with Crippen LogP contribution >= 0.6 is 0 Å². The average molecular weight is 290 g/mol. The number of ether oxygens (including phenoxy) is 1. The highest BCUT2D eigenvalue weighted by molar-refractivity contribution is 5.38. The topological polar surface area (TPSA) is 38.5 Å². The van der Waals surface area contributed by atoms with Gasteiger partial charge in [-0.1, -0.05) is 19.4 Å². The van der Waals surface area contributed by atoms with E-state index < -0.39 is 0 Å². The molecule has 1 saturated heterocycles. The molecule has 2 unspecified atom stereocenters. The summed E-state index contributed by atoms with van der Waals surface area (Å²) < 4.78 is 5.60.